The number of nitrogens with zero attached hydrogens (tertiary/aromatic N) is 3. The molecule has 0 N–H and O–H groups in total. The Balaban J connectivity index is 2.26. The fraction of sp³-hybridized carbons (Fsp3) is 0.867. The van der Waals surface area contributed by atoms with E-state index < -0.39 is 48.5 Å². The summed E-state index contributed by atoms with van der Waals surface area (Å²) >= 11 is 0. The van der Waals surface area contributed by atoms with Gasteiger partial charge in [0.25, 0.3) is 0 Å². The summed E-state index contributed by atoms with van der Waals surface area (Å²) in [6.07, 6.45) is -4.37. The Bertz CT molecular complexity index is 551. The molecule has 11 heteroatoms. The van der Waals surface area contributed by atoms with Gasteiger partial charge < -0.3 is 28.4 Å². The summed E-state index contributed by atoms with van der Waals surface area (Å²) < 4.78 is 32.3. The molecular formula is C15H23N3O8. The molecule has 2 aliphatic heterocycles. The number of carbonyl (C=O) groups is 2. The molecular weight excluding hydrogens is 350 g/mol. The van der Waals surface area contributed by atoms with Crippen LogP contribution in [-0.2, 0) is 38.0 Å². The first-order chi connectivity index (χ1) is 12.5. The van der Waals surface area contributed by atoms with Crippen molar-refractivity contribution in [3.05, 3.63) is 10.4 Å². The number of hydrogen-bond acceptors (Lipinski definition) is 9. The summed E-state index contributed by atoms with van der Waals surface area (Å²) in [6.45, 7) is 3.62. The molecule has 0 aromatic rings. The molecule has 0 aliphatic carbocycles. The van der Waals surface area contributed by atoms with Gasteiger partial charge in [-0.15, -0.1) is 0 Å². The third kappa shape index (κ3) is 4.91. The van der Waals surface area contributed by atoms with Crippen molar-refractivity contribution in [1.29, 1.82) is 0 Å². The second-order valence-electron chi connectivity index (χ2n) is 5.77. The number of Topliss-reactive ketones (excluding diaryl/α,β-unsaturated/α-hetero) is 1. The van der Waals surface area contributed by atoms with Crippen molar-refractivity contribution in [3.63, 3.8) is 0 Å². The lowest BCUT2D eigenvalue weighted by atomic mass is 9.91. The number of methoxy groups -OCH3 is 1. The molecule has 0 unspecified atom stereocenters. The molecule has 0 bridgehead atoms. The van der Waals surface area contributed by atoms with Gasteiger partial charge in [-0.25, -0.2) is 4.79 Å². The molecule has 0 aromatic heterocycles. The Morgan fingerprint density at radius 1 is 1.38 bits per heavy atom. The minimum Gasteiger partial charge on any atom is -0.464 e. The van der Waals surface area contributed by atoms with Crippen LogP contribution < -0.4 is 0 Å². The largest absolute Gasteiger partial charge is 0.464 e. The minimum atomic E-state index is -1.14. The van der Waals surface area contributed by atoms with Crippen molar-refractivity contribution in [1.82, 2.24) is 0 Å². The number of carbonyl (C=O) groups excluding carboxylic acids is 2. The fourth-order valence-corrected chi connectivity index (χ4v) is 2.88. The minimum absolute atomic E-state index is 0.0313. The number of hydrogen-bond donors (Lipinski definition) is 0. The van der Waals surface area contributed by atoms with Gasteiger partial charge in [-0.1, -0.05) is 5.11 Å². The second-order valence-corrected chi connectivity index (χ2v) is 5.77. The van der Waals surface area contributed by atoms with E-state index in [-0.39, 0.29) is 26.4 Å². The first-order valence-electron chi connectivity index (χ1n) is 8.28. The van der Waals surface area contributed by atoms with E-state index in [0.717, 1.165) is 0 Å². The molecule has 146 valence electrons. The highest BCUT2D eigenvalue weighted by Crippen LogP contribution is 2.30. The van der Waals surface area contributed by atoms with Crippen molar-refractivity contribution in [2.75, 3.05) is 27.1 Å². The molecule has 11 nitrogen and oxygen atoms in total. The zero-order valence-corrected chi connectivity index (χ0v) is 14.9. The Morgan fingerprint density at radius 3 is 2.81 bits per heavy atom. The van der Waals surface area contributed by atoms with Gasteiger partial charge in [-0.2, -0.15) is 0 Å². The molecule has 2 fully saturated rings. The van der Waals surface area contributed by atoms with Crippen LogP contribution in [0.3, 0.4) is 0 Å². The molecule has 2 aliphatic rings. The van der Waals surface area contributed by atoms with Crippen LogP contribution in [0.4, 0.5) is 0 Å². The fourth-order valence-electron chi connectivity index (χ4n) is 2.88. The zero-order chi connectivity index (χ0) is 19.1. The summed E-state index contributed by atoms with van der Waals surface area (Å²) in [6, 6.07) is -1.14. The average molecular weight is 373 g/mol. The topological polar surface area (TPSA) is 138 Å². The number of azide groups is 1. The molecule has 0 aromatic carbocycles. The second kappa shape index (κ2) is 9.81. The molecule has 6 atom stereocenters. The molecule has 0 spiro atoms. The van der Waals surface area contributed by atoms with E-state index in [4.69, 9.17) is 34.0 Å². The Morgan fingerprint density at radius 2 is 2.15 bits per heavy atom. The summed E-state index contributed by atoms with van der Waals surface area (Å²) in [5, 5.41) is 3.55. The highest BCUT2D eigenvalue weighted by Gasteiger charge is 2.49. The first-order valence-corrected chi connectivity index (χ1v) is 8.28. The van der Waals surface area contributed by atoms with Crippen LogP contribution in [0.1, 0.15) is 20.3 Å². The van der Waals surface area contributed by atoms with Crippen LogP contribution >= 0.6 is 0 Å². The zero-order valence-electron chi connectivity index (χ0n) is 14.9. The van der Waals surface area contributed by atoms with Gasteiger partial charge in [0.2, 0.25) is 0 Å². The Labute approximate surface area is 150 Å². The first kappa shape index (κ1) is 20.6. The van der Waals surface area contributed by atoms with Crippen LogP contribution in [0.2, 0.25) is 0 Å². The maximum Gasteiger partial charge on any atom is 0.335 e. The molecule has 2 rings (SSSR count). The van der Waals surface area contributed by atoms with Gasteiger partial charge in [-0.05, 0) is 19.4 Å². The Kier molecular flexibility index (Phi) is 7.76. The van der Waals surface area contributed by atoms with Crippen molar-refractivity contribution < 1.29 is 38.0 Å². The van der Waals surface area contributed by atoms with Gasteiger partial charge in [0.15, 0.2) is 12.4 Å². The molecule has 0 amide bonds. The average Bonchev–Trinajstić information content (AvgIpc) is 2.62. The van der Waals surface area contributed by atoms with Gasteiger partial charge in [0, 0.05) is 18.4 Å². The normalized spacial score (nSPS) is 34.8. The smallest absolute Gasteiger partial charge is 0.335 e. The predicted molar refractivity (Wildman–Crippen MR) is 84.9 cm³/mol. The van der Waals surface area contributed by atoms with Crippen molar-refractivity contribution >= 4 is 11.8 Å². The monoisotopic (exact) mass is 373 g/mol. The van der Waals surface area contributed by atoms with E-state index >= 15 is 0 Å². The summed E-state index contributed by atoms with van der Waals surface area (Å²) in [4.78, 5) is 27.2. The van der Waals surface area contributed by atoms with Gasteiger partial charge in [0.1, 0.15) is 36.9 Å². The third-order valence-corrected chi connectivity index (χ3v) is 4.01. The lowest BCUT2D eigenvalue weighted by molar-refractivity contribution is -0.293. The van der Waals surface area contributed by atoms with Crippen LogP contribution in [0.25, 0.3) is 10.4 Å². The summed E-state index contributed by atoms with van der Waals surface area (Å²) in [5.41, 5.74) is 8.81. The Hall–Kier alpha value is -1.75. The molecule has 26 heavy (non-hydrogen) atoms. The number of ketones is 1. The van der Waals surface area contributed by atoms with Gasteiger partial charge in [0.05, 0.1) is 13.2 Å². The van der Waals surface area contributed by atoms with E-state index in [0.29, 0.717) is 0 Å². The number of rotatable bonds is 7. The molecule has 2 saturated heterocycles. The quantitative estimate of drug-likeness (QED) is 0.209. The SMILES string of the molecule is CCOC(=O)[C@@H]1CC(=O)[C@@H](N=[N+]=[N-])[C@H]([C@@H]2O[C@H](C)OC[C@H]2OCOC)O1. The predicted octanol–water partition coefficient (Wildman–Crippen LogP) is 0.706. The summed E-state index contributed by atoms with van der Waals surface area (Å²) in [5.74, 6) is -1.08. The maximum absolute atomic E-state index is 12.5. The molecule has 0 saturated carbocycles. The lowest BCUT2D eigenvalue weighted by Crippen LogP contribution is -2.60. The van der Waals surface area contributed by atoms with E-state index in [2.05, 4.69) is 10.0 Å². The molecule has 0 radical (unpaired) electrons. The highest BCUT2D eigenvalue weighted by atomic mass is 16.7. The van der Waals surface area contributed by atoms with E-state index in [1.165, 1.54) is 7.11 Å². The van der Waals surface area contributed by atoms with Crippen molar-refractivity contribution in [2.45, 2.75) is 57.0 Å². The van der Waals surface area contributed by atoms with Crippen LogP contribution in [-0.4, -0.2) is 75.6 Å². The summed E-state index contributed by atoms with van der Waals surface area (Å²) in [7, 11) is 1.46. The van der Waals surface area contributed by atoms with Gasteiger partial charge in [-0.3, -0.25) is 4.79 Å². The number of ether oxygens (including phenoxy) is 6. The maximum atomic E-state index is 12.5. The number of esters is 1. The van der Waals surface area contributed by atoms with E-state index in [1.807, 2.05) is 0 Å². The van der Waals surface area contributed by atoms with E-state index in [9.17, 15) is 9.59 Å². The van der Waals surface area contributed by atoms with Gasteiger partial charge >= 0.3 is 5.97 Å². The van der Waals surface area contributed by atoms with Crippen molar-refractivity contribution in [2.24, 2.45) is 5.11 Å². The van der Waals surface area contributed by atoms with Crippen LogP contribution in [0.15, 0.2) is 5.11 Å². The highest BCUT2D eigenvalue weighted by molar-refractivity contribution is 5.91. The van der Waals surface area contributed by atoms with Crippen LogP contribution in [0, 0.1) is 0 Å². The third-order valence-electron chi connectivity index (χ3n) is 4.01. The lowest BCUT2D eigenvalue weighted by Gasteiger charge is -2.43. The van der Waals surface area contributed by atoms with E-state index in [1.54, 1.807) is 13.8 Å². The molecule has 2 heterocycles. The van der Waals surface area contributed by atoms with Crippen molar-refractivity contribution in [3.8, 4) is 0 Å². The van der Waals surface area contributed by atoms with Crippen LogP contribution in [0.5, 0.6) is 0 Å². The standard InChI is InChI=1S/C15H23N3O8/c1-4-22-15(20)10-5-9(19)12(17-18-16)14(26-10)13-11(24-7-21-3)6-23-8(2)25-13/h8,10-14H,4-7H2,1-3H3/t8-,10+,11-,12-,13-,14-/m1/s1.